The largest absolute Gasteiger partial charge is 0.486 e. The first kappa shape index (κ1) is 22.5. The summed E-state index contributed by atoms with van der Waals surface area (Å²) in [5.41, 5.74) is 4.08. The van der Waals surface area contributed by atoms with Gasteiger partial charge in [0, 0.05) is 17.6 Å². The molecule has 0 aliphatic carbocycles. The smallest absolute Gasteiger partial charge is 0.230 e. The summed E-state index contributed by atoms with van der Waals surface area (Å²) in [7, 11) is 0. The summed E-state index contributed by atoms with van der Waals surface area (Å²) >= 11 is 1.52. The fraction of sp³-hybridized carbons (Fsp3) is 0.385. The summed E-state index contributed by atoms with van der Waals surface area (Å²) in [5, 5.41) is 5.77. The number of anilines is 1. The van der Waals surface area contributed by atoms with E-state index in [9.17, 15) is 4.79 Å². The molecule has 1 amide bonds. The number of aromatic nitrogens is 1. The summed E-state index contributed by atoms with van der Waals surface area (Å²) in [4.78, 5) is 19.5. The average molecular weight is 450 g/mol. The number of ether oxygens (including phenoxy) is 1. The summed E-state index contributed by atoms with van der Waals surface area (Å²) in [6, 6.07) is 16.1. The zero-order valence-corrected chi connectivity index (χ0v) is 19.7. The summed E-state index contributed by atoms with van der Waals surface area (Å²) in [6.07, 6.45) is 2.82. The first-order valence-electron chi connectivity index (χ1n) is 11.3. The van der Waals surface area contributed by atoms with E-state index in [0.29, 0.717) is 6.61 Å². The Kier molecular flexibility index (Phi) is 7.55. The standard InChI is InChI=1S/C26H31N3O2S/c1-19-3-9-24(10-4-19)31-17-26-28-23(18-32-26)15-25(30)27-22-7-5-21(6-8-22)16-29-13-11-20(2)12-14-29/h3-10,18,20H,11-17H2,1-2H3,(H,27,30). The molecule has 3 aromatic rings. The van der Waals surface area contributed by atoms with Gasteiger partial charge < -0.3 is 10.1 Å². The quantitative estimate of drug-likeness (QED) is 0.497. The highest BCUT2D eigenvalue weighted by molar-refractivity contribution is 7.09. The van der Waals surface area contributed by atoms with Crippen LogP contribution in [0.3, 0.4) is 0 Å². The minimum absolute atomic E-state index is 0.0564. The van der Waals surface area contributed by atoms with Crippen LogP contribution in [0.15, 0.2) is 53.9 Å². The van der Waals surface area contributed by atoms with E-state index in [4.69, 9.17) is 4.74 Å². The van der Waals surface area contributed by atoms with Gasteiger partial charge in [-0.3, -0.25) is 9.69 Å². The molecule has 0 spiro atoms. The van der Waals surface area contributed by atoms with Crippen molar-refractivity contribution in [2.45, 2.75) is 46.3 Å². The minimum Gasteiger partial charge on any atom is -0.486 e. The fourth-order valence-corrected chi connectivity index (χ4v) is 4.52. The van der Waals surface area contributed by atoms with Crippen LogP contribution in [0, 0.1) is 12.8 Å². The maximum absolute atomic E-state index is 12.4. The number of hydrogen-bond donors (Lipinski definition) is 1. The van der Waals surface area contributed by atoms with Crippen LogP contribution in [0.4, 0.5) is 5.69 Å². The maximum atomic E-state index is 12.4. The van der Waals surface area contributed by atoms with Crippen molar-refractivity contribution in [3.63, 3.8) is 0 Å². The Morgan fingerprint density at radius 3 is 2.56 bits per heavy atom. The van der Waals surface area contributed by atoms with Gasteiger partial charge in [-0.1, -0.05) is 36.8 Å². The van der Waals surface area contributed by atoms with Crippen molar-refractivity contribution in [1.82, 2.24) is 9.88 Å². The van der Waals surface area contributed by atoms with E-state index in [-0.39, 0.29) is 12.3 Å². The lowest BCUT2D eigenvalue weighted by Crippen LogP contribution is -2.32. The SMILES string of the molecule is Cc1ccc(OCc2nc(CC(=O)Nc3ccc(CN4CCC(C)CC4)cc3)cs2)cc1. The van der Waals surface area contributed by atoms with Gasteiger partial charge >= 0.3 is 0 Å². The molecule has 1 N–H and O–H groups in total. The lowest BCUT2D eigenvalue weighted by Gasteiger charge is -2.30. The van der Waals surface area contributed by atoms with Crippen LogP contribution >= 0.6 is 11.3 Å². The highest BCUT2D eigenvalue weighted by atomic mass is 32.1. The Balaban J connectivity index is 1.22. The van der Waals surface area contributed by atoms with Gasteiger partial charge in [-0.25, -0.2) is 4.98 Å². The number of likely N-dealkylation sites (tertiary alicyclic amines) is 1. The third-order valence-electron chi connectivity index (χ3n) is 5.84. The zero-order valence-electron chi connectivity index (χ0n) is 18.8. The van der Waals surface area contributed by atoms with Gasteiger partial charge in [-0.2, -0.15) is 0 Å². The zero-order chi connectivity index (χ0) is 22.3. The van der Waals surface area contributed by atoms with Crippen molar-refractivity contribution in [1.29, 1.82) is 0 Å². The first-order valence-corrected chi connectivity index (χ1v) is 12.2. The fourth-order valence-electron chi connectivity index (χ4n) is 3.82. The van der Waals surface area contributed by atoms with Crippen molar-refractivity contribution in [3.05, 3.63) is 75.7 Å². The Morgan fingerprint density at radius 1 is 1.12 bits per heavy atom. The summed E-state index contributed by atoms with van der Waals surface area (Å²) in [6.45, 7) is 8.11. The molecule has 0 bridgehead atoms. The van der Waals surface area contributed by atoms with Crippen LogP contribution < -0.4 is 10.1 Å². The predicted octanol–water partition coefficient (Wildman–Crippen LogP) is 5.44. The number of thiazole rings is 1. The molecular weight excluding hydrogens is 418 g/mol. The highest BCUT2D eigenvalue weighted by Gasteiger charge is 2.15. The normalized spacial score (nSPS) is 14.9. The molecule has 6 heteroatoms. The highest BCUT2D eigenvalue weighted by Crippen LogP contribution is 2.20. The van der Waals surface area contributed by atoms with E-state index >= 15 is 0 Å². The Labute approximate surface area is 194 Å². The van der Waals surface area contributed by atoms with Crippen molar-refractivity contribution >= 4 is 22.9 Å². The number of nitrogens with one attached hydrogen (secondary N) is 1. The molecule has 1 aliphatic rings. The van der Waals surface area contributed by atoms with E-state index in [0.717, 1.165) is 34.6 Å². The van der Waals surface area contributed by atoms with Crippen LogP contribution in [0.2, 0.25) is 0 Å². The summed E-state index contributed by atoms with van der Waals surface area (Å²) < 4.78 is 5.78. The van der Waals surface area contributed by atoms with Crippen molar-refractivity contribution in [3.8, 4) is 5.75 Å². The Bertz CT molecular complexity index is 1010. The van der Waals surface area contributed by atoms with E-state index in [1.165, 1.54) is 48.4 Å². The minimum atomic E-state index is -0.0564. The molecule has 2 heterocycles. The molecule has 0 radical (unpaired) electrons. The molecular formula is C26H31N3O2S. The number of amides is 1. The molecule has 1 saturated heterocycles. The van der Waals surface area contributed by atoms with Gasteiger partial charge in [0.15, 0.2) is 0 Å². The molecule has 1 aliphatic heterocycles. The van der Waals surface area contributed by atoms with Crippen molar-refractivity contribution in [2.24, 2.45) is 5.92 Å². The monoisotopic (exact) mass is 449 g/mol. The molecule has 1 fully saturated rings. The second-order valence-corrected chi connectivity index (χ2v) is 9.66. The van der Waals surface area contributed by atoms with Gasteiger partial charge in [0.25, 0.3) is 0 Å². The third-order valence-corrected chi connectivity index (χ3v) is 6.72. The lowest BCUT2D eigenvalue weighted by molar-refractivity contribution is -0.115. The number of carbonyl (C=O) groups excluding carboxylic acids is 1. The number of benzene rings is 2. The van der Waals surface area contributed by atoms with Crippen molar-refractivity contribution < 1.29 is 9.53 Å². The summed E-state index contributed by atoms with van der Waals surface area (Å²) in [5.74, 6) is 1.61. The van der Waals surface area contributed by atoms with Crippen LogP contribution in [0.25, 0.3) is 0 Å². The molecule has 168 valence electrons. The molecule has 0 unspecified atom stereocenters. The number of carbonyl (C=O) groups is 1. The molecule has 5 nitrogen and oxygen atoms in total. The predicted molar refractivity (Wildman–Crippen MR) is 130 cm³/mol. The maximum Gasteiger partial charge on any atom is 0.230 e. The number of hydrogen-bond acceptors (Lipinski definition) is 5. The number of nitrogens with zero attached hydrogens (tertiary/aromatic N) is 2. The Morgan fingerprint density at radius 2 is 1.84 bits per heavy atom. The second-order valence-electron chi connectivity index (χ2n) is 8.71. The van der Waals surface area contributed by atoms with Gasteiger partial charge in [0.2, 0.25) is 5.91 Å². The van der Waals surface area contributed by atoms with Gasteiger partial charge in [0.05, 0.1) is 12.1 Å². The van der Waals surface area contributed by atoms with E-state index in [1.807, 2.05) is 48.7 Å². The number of piperidine rings is 1. The first-order chi connectivity index (χ1) is 15.5. The Hall–Kier alpha value is -2.70. The van der Waals surface area contributed by atoms with Crippen LogP contribution in [0.1, 0.15) is 41.6 Å². The van der Waals surface area contributed by atoms with Gasteiger partial charge in [0.1, 0.15) is 17.4 Å². The molecule has 1 aromatic heterocycles. The van der Waals surface area contributed by atoms with Gasteiger partial charge in [-0.05, 0) is 68.6 Å². The lowest BCUT2D eigenvalue weighted by atomic mass is 9.99. The average Bonchev–Trinajstić information content (AvgIpc) is 3.23. The van der Waals surface area contributed by atoms with Crippen molar-refractivity contribution in [2.75, 3.05) is 18.4 Å². The number of rotatable bonds is 8. The van der Waals surface area contributed by atoms with Crippen LogP contribution in [0.5, 0.6) is 5.75 Å². The molecule has 0 saturated carbocycles. The molecule has 0 atom stereocenters. The third kappa shape index (κ3) is 6.65. The molecule has 2 aromatic carbocycles. The second kappa shape index (κ2) is 10.7. The topological polar surface area (TPSA) is 54.5 Å². The van der Waals surface area contributed by atoms with Crippen LogP contribution in [-0.2, 0) is 24.4 Å². The van der Waals surface area contributed by atoms with E-state index in [1.54, 1.807) is 0 Å². The number of aryl methyl sites for hydroxylation is 1. The van der Waals surface area contributed by atoms with Crippen LogP contribution in [-0.4, -0.2) is 28.9 Å². The molecule has 4 rings (SSSR count). The van der Waals surface area contributed by atoms with Gasteiger partial charge in [-0.15, -0.1) is 11.3 Å². The van der Waals surface area contributed by atoms with E-state index in [2.05, 4.69) is 34.3 Å². The van der Waals surface area contributed by atoms with E-state index < -0.39 is 0 Å². The molecule has 32 heavy (non-hydrogen) atoms.